The number of nitrogens with zero attached hydrogens (tertiary/aromatic N) is 1. The Labute approximate surface area is 106 Å². The molecule has 1 atom stereocenters. The molecular formula is C11H15ClN2O3. The third-order valence-corrected chi connectivity index (χ3v) is 2.59. The predicted molar refractivity (Wildman–Crippen MR) is 66.4 cm³/mol. The van der Waals surface area contributed by atoms with Gasteiger partial charge >= 0.3 is 6.09 Å². The van der Waals surface area contributed by atoms with Crippen LogP contribution in [0.2, 0.25) is 0 Å². The first-order valence-electron chi connectivity index (χ1n) is 5.13. The highest BCUT2D eigenvalue weighted by Gasteiger charge is 2.23. The van der Waals surface area contributed by atoms with Crippen LogP contribution in [-0.2, 0) is 4.74 Å². The average Bonchev–Trinajstić information content (AvgIpc) is 2.75. The molecule has 1 fully saturated rings. The average molecular weight is 259 g/mol. The van der Waals surface area contributed by atoms with Gasteiger partial charge in [0.05, 0.1) is 19.2 Å². The lowest BCUT2D eigenvalue weighted by Gasteiger charge is -2.14. The van der Waals surface area contributed by atoms with Gasteiger partial charge in [-0.1, -0.05) is 12.1 Å². The molecule has 1 amide bonds. The van der Waals surface area contributed by atoms with Crippen LogP contribution in [0.25, 0.3) is 0 Å². The molecule has 1 aliphatic heterocycles. The largest absolute Gasteiger partial charge is 0.447 e. The van der Waals surface area contributed by atoms with Crippen LogP contribution in [-0.4, -0.2) is 31.0 Å². The van der Waals surface area contributed by atoms with Crippen LogP contribution in [0.3, 0.4) is 0 Å². The van der Waals surface area contributed by atoms with Crippen LogP contribution in [0.15, 0.2) is 24.3 Å². The van der Waals surface area contributed by atoms with Crippen molar-refractivity contribution in [3.63, 3.8) is 0 Å². The van der Waals surface area contributed by atoms with Crippen LogP contribution in [0.1, 0.15) is 11.6 Å². The summed E-state index contributed by atoms with van der Waals surface area (Å²) in [5.41, 5.74) is 7.30. The number of carbonyl (C=O) groups is 1. The molecule has 0 spiro atoms. The van der Waals surface area contributed by atoms with Gasteiger partial charge in [0, 0.05) is 5.69 Å². The molecule has 2 rings (SSSR count). The van der Waals surface area contributed by atoms with E-state index in [1.54, 1.807) is 17.0 Å². The maximum atomic E-state index is 11.3. The van der Waals surface area contributed by atoms with Gasteiger partial charge in [0.25, 0.3) is 0 Å². The summed E-state index contributed by atoms with van der Waals surface area (Å²) < 4.78 is 4.84. The van der Waals surface area contributed by atoms with Crippen LogP contribution in [0, 0.1) is 0 Å². The zero-order chi connectivity index (χ0) is 11.5. The van der Waals surface area contributed by atoms with E-state index < -0.39 is 0 Å². The number of nitrogens with two attached hydrogens (primary N) is 1. The zero-order valence-corrected chi connectivity index (χ0v) is 10.0. The highest BCUT2D eigenvalue weighted by atomic mass is 35.5. The second kappa shape index (κ2) is 5.86. The molecule has 1 heterocycles. The number of hydrogen-bond donors (Lipinski definition) is 2. The van der Waals surface area contributed by atoms with Gasteiger partial charge in [0.15, 0.2) is 0 Å². The molecule has 0 bridgehead atoms. The summed E-state index contributed by atoms with van der Waals surface area (Å²) in [6.07, 6.45) is -0.320. The first-order chi connectivity index (χ1) is 7.72. The second-order valence-corrected chi connectivity index (χ2v) is 3.65. The molecule has 0 saturated carbocycles. The quantitative estimate of drug-likeness (QED) is 0.850. The normalized spacial score (nSPS) is 16.4. The summed E-state index contributed by atoms with van der Waals surface area (Å²) >= 11 is 0. The van der Waals surface area contributed by atoms with Crippen molar-refractivity contribution in [2.45, 2.75) is 6.04 Å². The molecule has 0 aromatic heterocycles. The van der Waals surface area contributed by atoms with Crippen molar-refractivity contribution in [3.8, 4) is 0 Å². The van der Waals surface area contributed by atoms with Gasteiger partial charge in [-0.2, -0.15) is 0 Å². The number of hydrogen-bond acceptors (Lipinski definition) is 4. The SMILES string of the molecule is Cl.N[C@@H](CO)c1ccc(N2CCOC2=O)cc1. The van der Waals surface area contributed by atoms with Gasteiger partial charge in [0.2, 0.25) is 0 Å². The minimum absolute atomic E-state index is 0. The van der Waals surface area contributed by atoms with Gasteiger partial charge in [-0.25, -0.2) is 4.79 Å². The van der Waals surface area contributed by atoms with Crippen molar-refractivity contribution < 1.29 is 14.6 Å². The number of carbonyl (C=O) groups excluding carboxylic acids is 1. The molecule has 17 heavy (non-hydrogen) atoms. The number of cyclic esters (lactones) is 1. The van der Waals surface area contributed by atoms with Crippen molar-refractivity contribution in [2.75, 3.05) is 24.7 Å². The molecule has 94 valence electrons. The Balaban J connectivity index is 0.00000144. The number of benzene rings is 1. The zero-order valence-electron chi connectivity index (χ0n) is 9.20. The Morgan fingerprint density at radius 1 is 1.41 bits per heavy atom. The maximum absolute atomic E-state index is 11.3. The Bertz CT molecular complexity index is 383. The van der Waals surface area contributed by atoms with Crippen molar-refractivity contribution >= 4 is 24.2 Å². The standard InChI is InChI=1S/C11H14N2O3.ClH/c12-10(7-14)8-1-3-9(4-2-8)13-5-6-16-11(13)15;/h1-4,10,14H,5-7,12H2;1H/t10-;/m0./s1. The van der Waals surface area contributed by atoms with Gasteiger partial charge < -0.3 is 15.6 Å². The molecule has 1 aromatic carbocycles. The highest BCUT2D eigenvalue weighted by Crippen LogP contribution is 2.20. The van der Waals surface area contributed by atoms with E-state index in [4.69, 9.17) is 15.6 Å². The lowest BCUT2D eigenvalue weighted by molar-refractivity contribution is 0.181. The molecule has 1 aromatic rings. The first-order valence-corrected chi connectivity index (χ1v) is 5.13. The summed E-state index contributed by atoms with van der Waals surface area (Å²) in [6, 6.07) is 6.85. The maximum Gasteiger partial charge on any atom is 0.414 e. The molecule has 1 aliphatic rings. The Kier molecular flexibility index (Phi) is 4.74. The van der Waals surface area contributed by atoms with Gasteiger partial charge in [-0.15, -0.1) is 12.4 Å². The minimum Gasteiger partial charge on any atom is -0.447 e. The van der Waals surface area contributed by atoms with E-state index in [-0.39, 0.29) is 31.1 Å². The molecule has 5 nitrogen and oxygen atoms in total. The third kappa shape index (κ3) is 2.88. The van der Waals surface area contributed by atoms with E-state index in [1.165, 1.54) is 0 Å². The van der Waals surface area contributed by atoms with E-state index in [9.17, 15) is 4.79 Å². The number of rotatable bonds is 3. The number of aliphatic hydroxyl groups is 1. The van der Waals surface area contributed by atoms with E-state index >= 15 is 0 Å². The monoisotopic (exact) mass is 258 g/mol. The van der Waals surface area contributed by atoms with Crippen LogP contribution in [0.4, 0.5) is 10.5 Å². The fourth-order valence-corrected chi connectivity index (χ4v) is 1.63. The molecule has 0 radical (unpaired) electrons. The Morgan fingerprint density at radius 2 is 2.06 bits per heavy atom. The topological polar surface area (TPSA) is 75.8 Å². The highest BCUT2D eigenvalue weighted by molar-refractivity contribution is 5.89. The Morgan fingerprint density at radius 3 is 2.53 bits per heavy atom. The summed E-state index contributed by atoms with van der Waals surface area (Å²) in [7, 11) is 0. The molecular weight excluding hydrogens is 244 g/mol. The molecule has 0 unspecified atom stereocenters. The van der Waals surface area contributed by atoms with Gasteiger partial charge in [0.1, 0.15) is 6.61 Å². The van der Waals surface area contributed by atoms with Crippen molar-refractivity contribution in [1.82, 2.24) is 0 Å². The summed E-state index contributed by atoms with van der Waals surface area (Å²) in [4.78, 5) is 12.9. The minimum atomic E-state index is -0.375. The molecule has 1 saturated heterocycles. The smallest absolute Gasteiger partial charge is 0.414 e. The van der Waals surface area contributed by atoms with E-state index in [0.717, 1.165) is 11.3 Å². The summed E-state index contributed by atoms with van der Waals surface area (Å²) in [5.74, 6) is 0. The molecule has 0 aliphatic carbocycles. The lowest BCUT2D eigenvalue weighted by Crippen LogP contribution is -2.23. The Hall–Kier alpha value is -1.30. The van der Waals surface area contributed by atoms with Crippen molar-refractivity contribution in [1.29, 1.82) is 0 Å². The van der Waals surface area contributed by atoms with E-state index in [0.29, 0.717) is 13.2 Å². The van der Waals surface area contributed by atoms with Crippen molar-refractivity contribution in [2.24, 2.45) is 5.73 Å². The third-order valence-electron chi connectivity index (χ3n) is 2.59. The number of ether oxygens (including phenoxy) is 1. The van der Waals surface area contributed by atoms with Crippen LogP contribution >= 0.6 is 12.4 Å². The number of amides is 1. The fraction of sp³-hybridized carbons (Fsp3) is 0.364. The fourth-order valence-electron chi connectivity index (χ4n) is 1.63. The van der Waals surface area contributed by atoms with Crippen LogP contribution in [0.5, 0.6) is 0 Å². The molecule has 3 N–H and O–H groups in total. The summed E-state index contributed by atoms with van der Waals surface area (Å²) in [5, 5.41) is 8.90. The number of halogens is 1. The lowest BCUT2D eigenvalue weighted by atomic mass is 10.1. The summed E-state index contributed by atoms with van der Waals surface area (Å²) in [6.45, 7) is 0.909. The molecule has 6 heteroatoms. The number of anilines is 1. The second-order valence-electron chi connectivity index (χ2n) is 3.65. The predicted octanol–water partition coefficient (Wildman–Crippen LogP) is 1.06. The first kappa shape index (κ1) is 13.8. The van der Waals surface area contributed by atoms with Crippen LogP contribution < -0.4 is 10.6 Å². The van der Waals surface area contributed by atoms with Crippen molar-refractivity contribution in [3.05, 3.63) is 29.8 Å². The number of aliphatic hydroxyl groups excluding tert-OH is 1. The van der Waals surface area contributed by atoms with E-state index in [1.807, 2.05) is 12.1 Å². The van der Waals surface area contributed by atoms with Gasteiger partial charge in [-0.05, 0) is 17.7 Å². The van der Waals surface area contributed by atoms with Gasteiger partial charge in [-0.3, -0.25) is 4.90 Å². The van der Waals surface area contributed by atoms with E-state index in [2.05, 4.69) is 0 Å².